The van der Waals surface area contributed by atoms with Gasteiger partial charge >= 0.3 is 0 Å². The average molecular weight is 357 g/mol. The van der Waals surface area contributed by atoms with Crippen molar-refractivity contribution in [2.75, 3.05) is 13.2 Å². The van der Waals surface area contributed by atoms with Gasteiger partial charge in [0.2, 0.25) is 11.8 Å². The van der Waals surface area contributed by atoms with Gasteiger partial charge in [-0.3, -0.25) is 14.4 Å². The molecule has 0 aromatic heterocycles. The van der Waals surface area contributed by atoms with Crippen LogP contribution in [0.5, 0.6) is 0 Å². The molecule has 2 N–H and O–H groups in total. The second-order valence-electron chi connectivity index (χ2n) is 7.24. The van der Waals surface area contributed by atoms with Gasteiger partial charge in [0.15, 0.2) is 0 Å². The van der Waals surface area contributed by atoms with Crippen LogP contribution in [0, 0.1) is 5.92 Å². The van der Waals surface area contributed by atoms with Crippen LogP contribution in [-0.2, 0) is 20.9 Å². The molecule has 0 unspecified atom stereocenters. The summed E-state index contributed by atoms with van der Waals surface area (Å²) in [6, 6.07) is 7.28. The van der Waals surface area contributed by atoms with Gasteiger partial charge in [-0.25, -0.2) is 0 Å². The second kappa shape index (κ2) is 6.72. The van der Waals surface area contributed by atoms with E-state index in [1.165, 1.54) is 6.92 Å². The van der Waals surface area contributed by atoms with Crippen molar-refractivity contribution >= 4 is 17.7 Å². The van der Waals surface area contributed by atoms with E-state index in [0.29, 0.717) is 19.7 Å². The van der Waals surface area contributed by atoms with E-state index in [-0.39, 0.29) is 48.2 Å². The third kappa shape index (κ3) is 2.96. The monoisotopic (exact) mass is 357 g/mol. The van der Waals surface area contributed by atoms with Crippen LogP contribution in [-0.4, -0.2) is 54.0 Å². The molecular formula is C19H23N3O4. The Morgan fingerprint density at radius 2 is 2.04 bits per heavy atom. The molecule has 3 aliphatic rings. The number of hydrogen-bond acceptors (Lipinski definition) is 4. The Hall–Kier alpha value is -2.41. The molecule has 1 aromatic rings. The molecule has 1 aromatic carbocycles. The molecule has 4 rings (SSSR count). The van der Waals surface area contributed by atoms with Crippen molar-refractivity contribution in [2.45, 2.75) is 44.5 Å². The number of nitrogens with one attached hydrogen (secondary N) is 2. The van der Waals surface area contributed by atoms with Crippen LogP contribution >= 0.6 is 0 Å². The molecule has 2 fully saturated rings. The quantitative estimate of drug-likeness (QED) is 0.801. The van der Waals surface area contributed by atoms with Gasteiger partial charge in [-0.15, -0.1) is 0 Å². The van der Waals surface area contributed by atoms with Gasteiger partial charge in [0.1, 0.15) is 0 Å². The summed E-state index contributed by atoms with van der Waals surface area (Å²) in [5.41, 5.74) is 1.73. The van der Waals surface area contributed by atoms with Gasteiger partial charge in [-0.1, -0.05) is 18.2 Å². The van der Waals surface area contributed by atoms with Crippen molar-refractivity contribution in [3.05, 3.63) is 35.4 Å². The first-order chi connectivity index (χ1) is 12.5. The van der Waals surface area contributed by atoms with Crippen LogP contribution in [0.1, 0.15) is 35.7 Å². The van der Waals surface area contributed by atoms with Gasteiger partial charge in [-0.05, 0) is 18.1 Å². The molecule has 1 aliphatic carbocycles. The zero-order valence-corrected chi connectivity index (χ0v) is 14.7. The minimum atomic E-state index is -0.165. The lowest BCUT2D eigenvalue weighted by atomic mass is 9.71. The predicted octanol–water partition coefficient (Wildman–Crippen LogP) is 0.441. The lowest BCUT2D eigenvalue weighted by molar-refractivity contribution is -0.130. The summed E-state index contributed by atoms with van der Waals surface area (Å²) in [4.78, 5) is 37.8. The highest BCUT2D eigenvalue weighted by atomic mass is 16.5. The summed E-state index contributed by atoms with van der Waals surface area (Å²) in [6.07, 6.45) is 1.14. The average Bonchev–Trinajstić information content (AvgIpc) is 3.18. The van der Waals surface area contributed by atoms with E-state index >= 15 is 0 Å². The van der Waals surface area contributed by atoms with Gasteiger partial charge in [-0.2, -0.15) is 0 Å². The SMILES string of the molecule is CC(=O)N[C@H]1[C@H](NC(=O)CCN2Cc3ccccc3C2=O)[C@@H]2CCO[C@@H]21. The molecular weight excluding hydrogens is 334 g/mol. The fraction of sp³-hybridized carbons (Fsp3) is 0.526. The van der Waals surface area contributed by atoms with Crippen molar-refractivity contribution in [2.24, 2.45) is 5.92 Å². The summed E-state index contributed by atoms with van der Waals surface area (Å²) in [5, 5.41) is 5.91. The summed E-state index contributed by atoms with van der Waals surface area (Å²) < 4.78 is 5.65. The largest absolute Gasteiger partial charge is 0.376 e. The van der Waals surface area contributed by atoms with Crippen molar-refractivity contribution in [1.82, 2.24) is 15.5 Å². The first-order valence-corrected chi connectivity index (χ1v) is 9.10. The number of carbonyl (C=O) groups is 3. The third-order valence-corrected chi connectivity index (χ3v) is 5.59. The van der Waals surface area contributed by atoms with Crippen molar-refractivity contribution in [1.29, 1.82) is 0 Å². The topological polar surface area (TPSA) is 87.7 Å². The maximum Gasteiger partial charge on any atom is 0.254 e. The highest BCUT2D eigenvalue weighted by Gasteiger charge is 2.54. The fourth-order valence-corrected chi connectivity index (χ4v) is 4.30. The Bertz CT molecular complexity index is 750. The zero-order valence-electron chi connectivity index (χ0n) is 14.7. The van der Waals surface area contributed by atoms with Crippen molar-refractivity contribution < 1.29 is 19.1 Å². The first kappa shape index (κ1) is 17.0. The standard InChI is InChI=1S/C19H23N3O4/c1-11(23)20-17-16(14-7-9-26-18(14)17)21-15(24)6-8-22-10-12-4-2-3-5-13(12)19(22)25/h2-5,14,16-18H,6-10H2,1H3,(H,20,23)(H,21,24)/t14-,16+,17-,18-/m0/s1. The van der Waals surface area contributed by atoms with Gasteiger partial charge < -0.3 is 20.3 Å². The molecule has 2 heterocycles. The summed E-state index contributed by atoms with van der Waals surface area (Å²) in [5.74, 6) is 0.0222. The van der Waals surface area contributed by atoms with E-state index in [1.807, 2.05) is 24.3 Å². The van der Waals surface area contributed by atoms with E-state index in [1.54, 1.807) is 4.90 Å². The molecule has 7 nitrogen and oxygen atoms in total. The normalized spacial score (nSPS) is 29.0. The van der Waals surface area contributed by atoms with Gasteiger partial charge in [0.25, 0.3) is 5.91 Å². The van der Waals surface area contributed by atoms with E-state index in [0.717, 1.165) is 17.5 Å². The molecule has 4 atom stereocenters. The minimum absolute atomic E-state index is 0.00106. The Labute approximate surface area is 152 Å². The highest BCUT2D eigenvalue weighted by Crippen LogP contribution is 2.39. The number of hydrogen-bond donors (Lipinski definition) is 2. The van der Waals surface area contributed by atoms with Crippen LogP contribution in [0.4, 0.5) is 0 Å². The number of ether oxygens (including phenoxy) is 1. The molecule has 1 saturated heterocycles. The molecule has 138 valence electrons. The molecule has 7 heteroatoms. The third-order valence-electron chi connectivity index (χ3n) is 5.59. The minimum Gasteiger partial charge on any atom is -0.376 e. The van der Waals surface area contributed by atoms with Gasteiger partial charge in [0, 0.05) is 44.5 Å². The number of amides is 3. The number of rotatable bonds is 5. The maximum absolute atomic E-state index is 12.4. The predicted molar refractivity (Wildman–Crippen MR) is 93.2 cm³/mol. The van der Waals surface area contributed by atoms with E-state index in [4.69, 9.17) is 4.74 Å². The van der Waals surface area contributed by atoms with Crippen molar-refractivity contribution in [3.63, 3.8) is 0 Å². The Morgan fingerprint density at radius 1 is 1.23 bits per heavy atom. The Kier molecular flexibility index (Phi) is 4.40. The van der Waals surface area contributed by atoms with Crippen LogP contribution < -0.4 is 10.6 Å². The Balaban J connectivity index is 1.31. The lowest BCUT2D eigenvalue weighted by Crippen LogP contribution is -2.70. The van der Waals surface area contributed by atoms with Gasteiger partial charge in [0.05, 0.1) is 18.2 Å². The van der Waals surface area contributed by atoms with Crippen LogP contribution in [0.25, 0.3) is 0 Å². The molecule has 0 radical (unpaired) electrons. The lowest BCUT2D eigenvalue weighted by Gasteiger charge is -2.47. The molecule has 0 bridgehead atoms. The molecule has 1 saturated carbocycles. The molecule has 3 amide bonds. The van der Waals surface area contributed by atoms with Crippen LogP contribution in [0.2, 0.25) is 0 Å². The number of benzene rings is 1. The summed E-state index contributed by atoms with van der Waals surface area (Å²) in [7, 11) is 0. The van der Waals surface area contributed by atoms with Crippen LogP contribution in [0.3, 0.4) is 0 Å². The second-order valence-corrected chi connectivity index (χ2v) is 7.24. The summed E-state index contributed by atoms with van der Waals surface area (Å²) >= 11 is 0. The van der Waals surface area contributed by atoms with E-state index < -0.39 is 0 Å². The maximum atomic E-state index is 12.4. The molecule has 26 heavy (non-hydrogen) atoms. The Morgan fingerprint density at radius 3 is 2.81 bits per heavy atom. The zero-order chi connectivity index (χ0) is 18.3. The number of fused-ring (bicyclic) bond motifs is 2. The number of nitrogens with zero attached hydrogens (tertiary/aromatic N) is 1. The summed E-state index contributed by atoms with van der Waals surface area (Å²) in [6.45, 7) is 3.08. The van der Waals surface area contributed by atoms with E-state index in [2.05, 4.69) is 10.6 Å². The highest BCUT2D eigenvalue weighted by molar-refractivity contribution is 5.98. The molecule has 2 aliphatic heterocycles. The fourth-order valence-electron chi connectivity index (χ4n) is 4.30. The van der Waals surface area contributed by atoms with Crippen molar-refractivity contribution in [3.8, 4) is 0 Å². The number of carbonyl (C=O) groups excluding carboxylic acids is 3. The molecule has 0 spiro atoms. The van der Waals surface area contributed by atoms with E-state index in [9.17, 15) is 14.4 Å². The smallest absolute Gasteiger partial charge is 0.254 e. The van der Waals surface area contributed by atoms with Crippen LogP contribution in [0.15, 0.2) is 24.3 Å². The first-order valence-electron chi connectivity index (χ1n) is 9.10.